The van der Waals surface area contributed by atoms with Crippen molar-refractivity contribution < 1.29 is 14.3 Å². The molecule has 0 radical (unpaired) electrons. The summed E-state index contributed by atoms with van der Waals surface area (Å²) in [7, 11) is 0. The number of esters is 1. The molecule has 0 unspecified atom stereocenters. The normalized spacial score (nSPS) is 9.68. The topological polar surface area (TPSA) is 55.4 Å². The van der Waals surface area contributed by atoms with E-state index in [9.17, 15) is 9.59 Å². The monoisotopic (exact) mass is 301 g/mol. The molecule has 0 aliphatic rings. The Morgan fingerprint density at radius 2 is 1.79 bits per heavy atom. The smallest absolute Gasteiger partial charge is 0.357 e. The van der Waals surface area contributed by atoms with Crippen molar-refractivity contribution in [1.82, 2.24) is 5.32 Å². The van der Waals surface area contributed by atoms with Crippen molar-refractivity contribution in [3.63, 3.8) is 0 Å². The van der Waals surface area contributed by atoms with E-state index in [4.69, 9.17) is 27.9 Å². The fourth-order valence-corrected chi connectivity index (χ4v) is 1.52. The van der Waals surface area contributed by atoms with Crippen molar-refractivity contribution >= 4 is 35.1 Å². The number of benzene rings is 1. The van der Waals surface area contributed by atoms with Gasteiger partial charge in [-0.3, -0.25) is 4.79 Å². The molecule has 0 saturated heterocycles. The lowest BCUT2D eigenvalue weighted by Crippen LogP contribution is -2.29. The fourth-order valence-electron chi connectivity index (χ4n) is 1.27. The summed E-state index contributed by atoms with van der Waals surface area (Å²) >= 11 is 11.1. The highest BCUT2D eigenvalue weighted by Gasteiger charge is 2.18. The molecule has 4 nitrogen and oxygen atoms in total. The summed E-state index contributed by atoms with van der Waals surface area (Å²) in [5.41, 5.74) is 1.14. The number of carbonyl (C=O) groups is 2. The van der Waals surface area contributed by atoms with Crippen molar-refractivity contribution in [3.8, 4) is 0 Å². The van der Waals surface area contributed by atoms with Crippen LogP contribution in [0.2, 0.25) is 0 Å². The maximum Gasteiger partial charge on any atom is 0.357 e. The lowest BCUT2D eigenvalue weighted by molar-refractivity contribution is -0.138. The Bertz CT molecular complexity index is 505. The summed E-state index contributed by atoms with van der Waals surface area (Å²) in [6, 6.07) is 6.83. The van der Waals surface area contributed by atoms with Gasteiger partial charge in [0.1, 0.15) is 4.49 Å². The molecular formula is C13H13Cl2NO3. The number of amides is 1. The first-order valence-corrected chi connectivity index (χ1v) is 6.31. The molecule has 0 saturated carbocycles. The van der Waals surface area contributed by atoms with Crippen molar-refractivity contribution in [2.75, 3.05) is 6.61 Å². The van der Waals surface area contributed by atoms with Crippen LogP contribution in [0.3, 0.4) is 0 Å². The van der Waals surface area contributed by atoms with Gasteiger partial charge in [-0.05, 0) is 26.0 Å². The second-order valence-electron chi connectivity index (χ2n) is 3.68. The number of carbonyl (C=O) groups excluding carboxylic acids is 2. The van der Waals surface area contributed by atoms with Gasteiger partial charge in [-0.1, -0.05) is 40.9 Å². The zero-order valence-electron chi connectivity index (χ0n) is 10.5. The molecule has 0 fully saturated rings. The van der Waals surface area contributed by atoms with E-state index in [1.165, 1.54) is 0 Å². The Hall–Kier alpha value is -1.52. The van der Waals surface area contributed by atoms with E-state index in [-0.39, 0.29) is 16.8 Å². The first-order valence-electron chi connectivity index (χ1n) is 5.56. The molecule has 1 N–H and O–H groups in total. The molecule has 0 atom stereocenters. The van der Waals surface area contributed by atoms with E-state index in [2.05, 4.69) is 5.32 Å². The molecule has 1 aromatic rings. The van der Waals surface area contributed by atoms with Crippen molar-refractivity contribution in [1.29, 1.82) is 0 Å². The zero-order chi connectivity index (χ0) is 14.4. The highest BCUT2D eigenvalue weighted by molar-refractivity contribution is 6.57. The van der Waals surface area contributed by atoms with Crippen LogP contribution in [0.5, 0.6) is 0 Å². The Labute approximate surface area is 121 Å². The molecule has 102 valence electrons. The predicted molar refractivity (Wildman–Crippen MR) is 74.0 cm³/mol. The first-order chi connectivity index (χ1) is 8.95. The van der Waals surface area contributed by atoms with Crippen LogP contribution in [0.15, 0.2) is 34.5 Å². The van der Waals surface area contributed by atoms with Crippen molar-refractivity contribution in [2.24, 2.45) is 0 Å². The third-order valence-corrected chi connectivity index (χ3v) is 2.60. The van der Waals surface area contributed by atoms with Gasteiger partial charge in [-0.25, -0.2) is 4.79 Å². The van der Waals surface area contributed by atoms with Crippen LogP contribution < -0.4 is 5.32 Å². The molecule has 0 aromatic heterocycles. The molecular weight excluding hydrogens is 289 g/mol. The largest absolute Gasteiger partial charge is 0.461 e. The zero-order valence-corrected chi connectivity index (χ0v) is 12.0. The van der Waals surface area contributed by atoms with Crippen LogP contribution in [-0.2, 0) is 9.53 Å². The van der Waals surface area contributed by atoms with E-state index in [1.54, 1.807) is 31.2 Å². The summed E-state index contributed by atoms with van der Waals surface area (Å²) in [4.78, 5) is 23.5. The van der Waals surface area contributed by atoms with Crippen LogP contribution in [0.25, 0.3) is 0 Å². The minimum atomic E-state index is -0.775. The molecule has 1 aromatic carbocycles. The average molecular weight is 302 g/mol. The number of halogens is 2. The lowest BCUT2D eigenvalue weighted by atomic mass is 10.1. The van der Waals surface area contributed by atoms with Gasteiger partial charge in [0, 0.05) is 5.56 Å². The van der Waals surface area contributed by atoms with Gasteiger partial charge < -0.3 is 10.1 Å². The van der Waals surface area contributed by atoms with E-state index >= 15 is 0 Å². The molecule has 1 rings (SSSR count). The number of aryl methyl sites for hydroxylation is 1. The van der Waals surface area contributed by atoms with E-state index < -0.39 is 11.9 Å². The summed E-state index contributed by atoms with van der Waals surface area (Å²) in [5, 5.41) is 2.34. The van der Waals surface area contributed by atoms with E-state index in [0.29, 0.717) is 5.56 Å². The van der Waals surface area contributed by atoms with Gasteiger partial charge in [-0.2, -0.15) is 0 Å². The quantitative estimate of drug-likeness (QED) is 0.687. The molecule has 0 spiro atoms. The van der Waals surface area contributed by atoms with Crippen LogP contribution in [0, 0.1) is 6.92 Å². The summed E-state index contributed by atoms with van der Waals surface area (Å²) in [6.45, 7) is 3.70. The van der Waals surface area contributed by atoms with Gasteiger partial charge >= 0.3 is 5.97 Å². The van der Waals surface area contributed by atoms with Gasteiger partial charge in [0.2, 0.25) is 0 Å². The van der Waals surface area contributed by atoms with Gasteiger partial charge in [0.05, 0.1) is 6.61 Å². The fraction of sp³-hybridized carbons (Fsp3) is 0.231. The van der Waals surface area contributed by atoms with E-state index in [0.717, 1.165) is 5.56 Å². The third-order valence-electron chi connectivity index (χ3n) is 2.22. The lowest BCUT2D eigenvalue weighted by Gasteiger charge is -2.09. The number of hydrogen-bond acceptors (Lipinski definition) is 3. The Morgan fingerprint density at radius 1 is 1.21 bits per heavy atom. The minimum absolute atomic E-state index is 0.157. The van der Waals surface area contributed by atoms with Crippen LogP contribution >= 0.6 is 23.2 Å². The molecule has 0 bridgehead atoms. The number of nitrogens with one attached hydrogen (secondary N) is 1. The molecule has 0 heterocycles. The Morgan fingerprint density at radius 3 is 2.26 bits per heavy atom. The standard InChI is InChI=1S/C13H13Cl2NO3/c1-3-19-13(18)10(11(14)15)16-12(17)9-6-4-8(2)5-7-9/h4-7H,3H2,1-2H3,(H,16,17). The predicted octanol–water partition coefficient (Wildman–Crippen LogP) is 2.93. The maximum atomic E-state index is 11.9. The SMILES string of the molecule is CCOC(=O)C(NC(=O)c1ccc(C)cc1)=C(Cl)Cl. The highest BCUT2D eigenvalue weighted by Crippen LogP contribution is 2.14. The third kappa shape index (κ3) is 4.58. The molecule has 19 heavy (non-hydrogen) atoms. The molecule has 0 aliphatic heterocycles. The molecule has 1 amide bonds. The van der Waals surface area contributed by atoms with Crippen LogP contribution in [0.4, 0.5) is 0 Å². The summed E-state index contributed by atoms with van der Waals surface area (Å²) in [6.07, 6.45) is 0. The van der Waals surface area contributed by atoms with Gasteiger partial charge in [-0.15, -0.1) is 0 Å². The number of rotatable bonds is 4. The Balaban J connectivity index is 2.87. The molecule has 0 aliphatic carbocycles. The first kappa shape index (κ1) is 15.5. The highest BCUT2D eigenvalue weighted by atomic mass is 35.5. The second kappa shape index (κ2) is 7.16. The maximum absolute atomic E-state index is 11.9. The minimum Gasteiger partial charge on any atom is -0.461 e. The summed E-state index contributed by atoms with van der Waals surface area (Å²) < 4.78 is 4.39. The molecule has 6 heteroatoms. The number of ether oxygens (including phenoxy) is 1. The Kier molecular flexibility index (Phi) is 5.86. The number of hydrogen-bond donors (Lipinski definition) is 1. The van der Waals surface area contributed by atoms with Crippen LogP contribution in [-0.4, -0.2) is 18.5 Å². The van der Waals surface area contributed by atoms with E-state index in [1.807, 2.05) is 6.92 Å². The van der Waals surface area contributed by atoms with Gasteiger partial charge in [0.15, 0.2) is 5.70 Å². The second-order valence-corrected chi connectivity index (χ2v) is 4.63. The van der Waals surface area contributed by atoms with Crippen LogP contribution in [0.1, 0.15) is 22.8 Å². The van der Waals surface area contributed by atoms with Crippen molar-refractivity contribution in [3.05, 3.63) is 45.6 Å². The van der Waals surface area contributed by atoms with Crippen molar-refractivity contribution in [2.45, 2.75) is 13.8 Å². The van der Waals surface area contributed by atoms with Gasteiger partial charge in [0.25, 0.3) is 5.91 Å². The summed E-state index contributed by atoms with van der Waals surface area (Å²) in [5.74, 6) is -1.26. The average Bonchev–Trinajstić information content (AvgIpc) is 2.36.